The number of imidazole rings is 1. The van der Waals surface area contributed by atoms with E-state index in [9.17, 15) is 4.79 Å². The Morgan fingerprint density at radius 1 is 1.03 bits per heavy atom. The van der Waals surface area contributed by atoms with Crippen LogP contribution in [-0.2, 0) is 4.79 Å². The maximum Gasteiger partial charge on any atom is 0.255 e. The quantitative estimate of drug-likeness (QED) is 0.441. The van der Waals surface area contributed by atoms with Gasteiger partial charge < -0.3 is 10.6 Å². The first kappa shape index (κ1) is 20.0. The molecule has 5 nitrogen and oxygen atoms in total. The van der Waals surface area contributed by atoms with Gasteiger partial charge in [-0.15, -0.1) is 0 Å². The van der Waals surface area contributed by atoms with E-state index in [1.165, 1.54) is 6.07 Å². The SMILES string of the molecule is CC1=C(C(=O)Nc2ccc(C)cc2C)C(c2ccccc2F)n2c(nc3ccccc32)N1. The number of allylic oxidation sites excluding steroid dienone is 1. The molecule has 0 aliphatic carbocycles. The number of nitrogens with zero attached hydrogens (tertiary/aromatic N) is 2. The van der Waals surface area contributed by atoms with Crippen molar-refractivity contribution in [2.75, 3.05) is 10.6 Å². The highest BCUT2D eigenvalue weighted by Gasteiger charge is 2.35. The van der Waals surface area contributed by atoms with Crippen LogP contribution in [0.5, 0.6) is 0 Å². The molecule has 0 bridgehead atoms. The van der Waals surface area contributed by atoms with Crippen molar-refractivity contribution in [3.63, 3.8) is 0 Å². The summed E-state index contributed by atoms with van der Waals surface area (Å²) >= 11 is 0. The summed E-state index contributed by atoms with van der Waals surface area (Å²) in [6, 6.07) is 19.5. The number of aromatic nitrogens is 2. The number of carbonyl (C=O) groups is 1. The zero-order valence-corrected chi connectivity index (χ0v) is 18.1. The molecular formula is C26H23FN4O. The van der Waals surface area contributed by atoms with Crippen molar-refractivity contribution in [3.05, 3.63) is 101 Å². The average Bonchev–Trinajstić information content (AvgIpc) is 3.13. The van der Waals surface area contributed by atoms with Gasteiger partial charge >= 0.3 is 0 Å². The summed E-state index contributed by atoms with van der Waals surface area (Å²) in [6.07, 6.45) is 0. The van der Waals surface area contributed by atoms with Gasteiger partial charge in [0, 0.05) is 16.9 Å². The van der Waals surface area contributed by atoms with Gasteiger partial charge in [0.25, 0.3) is 5.91 Å². The van der Waals surface area contributed by atoms with Crippen molar-refractivity contribution < 1.29 is 9.18 Å². The fourth-order valence-corrected chi connectivity index (χ4v) is 4.39. The molecule has 2 N–H and O–H groups in total. The maximum atomic E-state index is 15.1. The first-order valence-electron chi connectivity index (χ1n) is 10.5. The van der Waals surface area contributed by atoms with Crippen LogP contribution in [0.2, 0.25) is 0 Å². The first-order chi connectivity index (χ1) is 15.4. The van der Waals surface area contributed by atoms with Gasteiger partial charge in [0.05, 0.1) is 22.6 Å². The molecule has 0 fully saturated rings. The average molecular weight is 426 g/mol. The number of hydrogen-bond acceptors (Lipinski definition) is 3. The van der Waals surface area contributed by atoms with E-state index in [0.29, 0.717) is 22.8 Å². The molecule has 32 heavy (non-hydrogen) atoms. The number of nitrogens with one attached hydrogen (secondary N) is 2. The van der Waals surface area contributed by atoms with Crippen molar-refractivity contribution in [3.8, 4) is 0 Å². The van der Waals surface area contributed by atoms with E-state index in [1.54, 1.807) is 18.2 Å². The van der Waals surface area contributed by atoms with Crippen LogP contribution in [0.4, 0.5) is 16.0 Å². The molecule has 1 aromatic heterocycles. The van der Waals surface area contributed by atoms with Crippen LogP contribution in [-0.4, -0.2) is 15.5 Å². The third kappa shape index (κ3) is 3.24. The largest absolute Gasteiger partial charge is 0.329 e. The predicted octanol–water partition coefficient (Wildman–Crippen LogP) is 5.72. The van der Waals surface area contributed by atoms with E-state index in [1.807, 2.05) is 67.8 Å². The highest BCUT2D eigenvalue weighted by molar-refractivity contribution is 6.06. The number of anilines is 2. The molecule has 1 unspecified atom stereocenters. The summed E-state index contributed by atoms with van der Waals surface area (Å²) in [4.78, 5) is 18.3. The van der Waals surface area contributed by atoms with Gasteiger partial charge in [-0.25, -0.2) is 9.37 Å². The molecule has 1 atom stereocenters. The number of fused-ring (bicyclic) bond motifs is 3. The normalized spacial score (nSPS) is 15.4. The molecule has 3 aromatic carbocycles. The number of carbonyl (C=O) groups excluding carboxylic acids is 1. The number of amides is 1. The number of rotatable bonds is 3. The molecule has 0 spiro atoms. The Kier molecular flexibility index (Phi) is 4.78. The van der Waals surface area contributed by atoms with E-state index in [0.717, 1.165) is 27.8 Å². The lowest BCUT2D eigenvalue weighted by atomic mass is 9.93. The van der Waals surface area contributed by atoms with Gasteiger partial charge in [0.2, 0.25) is 5.95 Å². The third-order valence-corrected chi connectivity index (χ3v) is 5.91. The fourth-order valence-electron chi connectivity index (χ4n) is 4.39. The lowest BCUT2D eigenvalue weighted by molar-refractivity contribution is -0.113. The Balaban J connectivity index is 1.68. The van der Waals surface area contributed by atoms with Crippen LogP contribution < -0.4 is 10.6 Å². The van der Waals surface area contributed by atoms with Crippen molar-refractivity contribution in [1.29, 1.82) is 0 Å². The van der Waals surface area contributed by atoms with Gasteiger partial charge in [-0.2, -0.15) is 0 Å². The Bertz CT molecular complexity index is 1400. The van der Waals surface area contributed by atoms with Crippen molar-refractivity contribution >= 4 is 28.6 Å². The predicted molar refractivity (Wildman–Crippen MR) is 125 cm³/mol. The molecule has 0 saturated carbocycles. The zero-order valence-electron chi connectivity index (χ0n) is 18.1. The van der Waals surface area contributed by atoms with E-state index < -0.39 is 6.04 Å². The molecule has 1 aliphatic heterocycles. The highest BCUT2D eigenvalue weighted by atomic mass is 19.1. The minimum Gasteiger partial charge on any atom is -0.329 e. The standard InChI is InChI=1S/C26H23FN4O/c1-15-12-13-20(16(2)14-15)29-25(32)23-17(3)28-26-30-21-10-6-7-11-22(21)31(26)24(23)18-8-4-5-9-19(18)27/h4-14,24H,1-3H3,(H,28,30)(H,29,32). The molecule has 1 aliphatic rings. The van der Waals surface area contributed by atoms with Crippen LogP contribution in [0.3, 0.4) is 0 Å². The summed E-state index contributed by atoms with van der Waals surface area (Å²) in [5, 5.41) is 6.29. The van der Waals surface area contributed by atoms with Crippen LogP contribution >= 0.6 is 0 Å². The molecule has 2 heterocycles. The number of halogens is 1. The smallest absolute Gasteiger partial charge is 0.255 e. The third-order valence-electron chi connectivity index (χ3n) is 5.91. The van der Waals surface area contributed by atoms with E-state index in [4.69, 9.17) is 0 Å². The van der Waals surface area contributed by atoms with E-state index in [-0.39, 0.29) is 11.7 Å². The number of benzene rings is 3. The Hall–Kier alpha value is -3.93. The van der Waals surface area contributed by atoms with Gasteiger partial charge in [0.15, 0.2) is 0 Å². The molecule has 160 valence electrons. The van der Waals surface area contributed by atoms with Gasteiger partial charge in [-0.1, -0.05) is 48.0 Å². The summed E-state index contributed by atoms with van der Waals surface area (Å²) in [5.74, 6) is -0.0635. The first-order valence-corrected chi connectivity index (χ1v) is 10.5. The second-order valence-electron chi connectivity index (χ2n) is 8.15. The van der Waals surface area contributed by atoms with Crippen LogP contribution in [0.1, 0.15) is 29.7 Å². The molecule has 4 aromatic rings. The number of hydrogen-bond donors (Lipinski definition) is 2. The van der Waals surface area contributed by atoms with Crippen LogP contribution in [0.25, 0.3) is 11.0 Å². The monoisotopic (exact) mass is 426 g/mol. The van der Waals surface area contributed by atoms with Gasteiger partial charge in [0.1, 0.15) is 5.82 Å². The van der Waals surface area contributed by atoms with E-state index in [2.05, 4.69) is 15.6 Å². The zero-order chi connectivity index (χ0) is 22.4. The summed E-state index contributed by atoms with van der Waals surface area (Å²) in [7, 11) is 0. The molecular weight excluding hydrogens is 403 g/mol. The summed E-state index contributed by atoms with van der Waals surface area (Å²) in [6.45, 7) is 5.79. The lowest BCUT2D eigenvalue weighted by Gasteiger charge is -2.31. The van der Waals surface area contributed by atoms with Gasteiger partial charge in [-0.05, 0) is 50.6 Å². The summed E-state index contributed by atoms with van der Waals surface area (Å²) < 4.78 is 17.0. The van der Waals surface area contributed by atoms with Crippen molar-refractivity contribution in [2.24, 2.45) is 0 Å². The minimum atomic E-state index is -0.661. The van der Waals surface area contributed by atoms with Crippen LogP contribution in [0.15, 0.2) is 78.0 Å². The fraction of sp³-hybridized carbons (Fsp3) is 0.154. The molecule has 0 saturated heterocycles. The Labute approximate surface area is 185 Å². The molecule has 5 rings (SSSR count). The lowest BCUT2D eigenvalue weighted by Crippen LogP contribution is -2.31. The van der Waals surface area contributed by atoms with Crippen LogP contribution in [0, 0.1) is 19.7 Å². The maximum absolute atomic E-state index is 15.1. The highest BCUT2D eigenvalue weighted by Crippen LogP contribution is 2.40. The second kappa shape index (κ2) is 7.64. The van der Waals surface area contributed by atoms with E-state index >= 15 is 4.39 Å². The molecule has 6 heteroatoms. The van der Waals surface area contributed by atoms with Crippen molar-refractivity contribution in [2.45, 2.75) is 26.8 Å². The minimum absolute atomic E-state index is 0.279. The Morgan fingerprint density at radius 2 is 1.78 bits per heavy atom. The molecule has 1 amide bonds. The van der Waals surface area contributed by atoms with Gasteiger partial charge in [-0.3, -0.25) is 9.36 Å². The number of aryl methyl sites for hydroxylation is 2. The second-order valence-corrected chi connectivity index (χ2v) is 8.15. The molecule has 0 radical (unpaired) electrons. The summed E-state index contributed by atoms with van der Waals surface area (Å²) in [5.41, 5.74) is 5.94. The Morgan fingerprint density at radius 3 is 2.56 bits per heavy atom. The topological polar surface area (TPSA) is 59.0 Å². The number of para-hydroxylation sites is 2. The van der Waals surface area contributed by atoms with Crippen molar-refractivity contribution in [1.82, 2.24) is 9.55 Å².